The van der Waals surface area contributed by atoms with Crippen molar-refractivity contribution in [2.24, 2.45) is 5.73 Å². The molecule has 15 nitrogen and oxygen atoms in total. The minimum atomic E-state index is -3.26. The summed E-state index contributed by atoms with van der Waals surface area (Å²) in [4.78, 5) is 42.6. The summed E-state index contributed by atoms with van der Waals surface area (Å²) in [5, 5.41) is 6.66. The average molecular weight is 936 g/mol. The van der Waals surface area contributed by atoms with Crippen molar-refractivity contribution in [2.75, 3.05) is 65.5 Å². The predicted octanol–water partition coefficient (Wildman–Crippen LogP) is 5.77. The van der Waals surface area contributed by atoms with Gasteiger partial charge in [-0.15, -0.1) is 10.2 Å². The van der Waals surface area contributed by atoms with E-state index in [9.17, 15) is 57.6 Å². The molecule has 0 aliphatic carbocycles. The molecule has 2 aliphatic heterocycles. The van der Waals surface area contributed by atoms with Gasteiger partial charge in [-0.3, -0.25) is 14.6 Å². The Hall–Kier alpha value is -6.33. The zero-order valence-electron chi connectivity index (χ0n) is 33.5. The van der Waals surface area contributed by atoms with Gasteiger partial charge in [0.15, 0.2) is 25.5 Å². The Morgan fingerprint density at radius 3 is 1.50 bits per heavy atom. The lowest BCUT2D eigenvalue weighted by molar-refractivity contribution is 0.100. The van der Waals surface area contributed by atoms with Crippen molar-refractivity contribution in [1.82, 2.24) is 20.0 Å². The molecule has 23 heteroatoms. The van der Waals surface area contributed by atoms with Crippen molar-refractivity contribution >= 4 is 48.9 Å². The normalized spacial score (nSPS) is 15.6. The van der Waals surface area contributed by atoms with E-state index in [1.54, 1.807) is 6.07 Å². The summed E-state index contributed by atoms with van der Waals surface area (Å²) < 4.78 is 135. The van der Waals surface area contributed by atoms with Crippen LogP contribution in [0, 0.1) is 23.3 Å². The van der Waals surface area contributed by atoms with Gasteiger partial charge in [0.25, 0.3) is 5.89 Å². The van der Waals surface area contributed by atoms with Crippen LogP contribution in [0.1, 0.15) is 33.8 Å². The van der Waals surface area contributed by atoms with E-state index in [1.807, 2.05) is 0 Å². The summed E-state index contributed by atoms with van der Waals surface area (Å²) in [6.45, 7) is -1.14. The molecule has 5 aromatic rings. The van der Waals surface area contributed by atoms with E-state index in [1.165, 1.54) is 70.5 Å². The van der Waals surface area contributed by atoms with Gasteiger partial charge >= 0.3 is 18.5 Å². The van der Waals surface area contributed by atoms with E-state index in [0.29, 0.717) is 0 Å². The maximum absolute atomic E-state index is 14.9. The van der Waals surface area contributed by atoms with Gasteiger partial charge in [-0.1, -0.05) is 42.5 Å². The molecule has 4 amide bonds. The van der Waals surface area contributed by atoms with Crippen molar-refractivity contribution < 1.29 is 62.0 Å². The van der Waals surface area contributed by atoms with Crippen LogP contribution in [0.25, 0.3) is 11.5 Å². The third-order valence-electron chi connectivity index (χ3n) is 10.1. The van der Waals surface area contributed by atoms with Crippen molar-refractivity contribution in [2.45, 2.75) is 19.5 Å². The van der Waals surface area contributed by atoms with Gasteiger partial charge in [-0.25, -0.2) is 44.0 Å². The first-order valence-corrected chi connectivity index (χ1v) is 23.0. The van der Waals surface area contributed by atoms with E-state index in [2.05, 4.69) is 10.2 Å². The monoisotopic (exact) mass is 935 g/mol. The molecular weight excluding hydrogens is 897 g/mol. The highest BCUT2D eigenvalue weighted by atomic mass is 32.2. The molecule has 3 heterocycles. The van der Waals surface area contributed by atoms with Gasteiger partial charge < -0.3 is 20.0 Å². The summed E-state index contributed by atoms with van der Waals surface area (Å²) in [6.07, 6.45) is -2.98. The van der Waals surface area contributed by atoms with Gasteiger partial charge in [0.05, 0.1) is 54.0 Å². The number of nitrogens with two attached hydrogens (primary N) is 1. The highest BCUT2D eigenvalue weighted by Gasteiger charge is 2.32. The second kappa shape index (κ2) is 20.0. The van der Waals surface area contributed by atoms with Crippen molar-refractivity contribution in [3.8, 4) is 11.5 Å². The maximum Gasteiger partial charge on any atom is 0.324 e. The number of anilines is 2. The number of Topliss-reactive ketones (excluding diaryl/α,β-unsaturated/α-hetero) is 1. The summed E-state index contributed by atoms with van der Waals surface area (Å²) in [5.74, 6) is -5.41. The summed E-state index contributed by atoms with van der Waals surface area (Å²) >= 11 is 0. The van der Waals surface area contributed by atoms with E-state index in [0.717, 1.165) is 28.0 Å². The number of benzene rings is 4. The quantitative estimate of drug-likeness (QED) is 0.132. The van der Waals surface area contributed by atoms with Crippen molar-refractivity contribution in [3.05, 3.63) is 131 Å². The number of nitrogens with zero attached hydrogens (tertiary/aromatic N) is 6. The van der Waals surface area contributed by atoms with Crippen LogP contribution >= 0.6 is 0 Å². The Kier molecular flexibility index (Phi) is 14.7. The number of para-hydroxylation sites is 2. The molecule has 2 aliphatic rings. The number of sulfone groups is 2. The van der Waals surface area contributed by atoms with Gasteiger partial charge in [0, 0.05) is 48.4 Å². The summed E-state index contributed by atoms with van der Waals surface area (Å²) in [6, 6.07) is 17.1. The zero-order valence-corrected chi connectivity index (χ0v) is 35.2. The number of hydrogen-bond donors (Lipinski definition) is 1. The number of hydrogen-bond acceptors (Lipinski definition) is 11. The molecule has 2 saturated heterocycles. The highest BCUT2D eigenvalue weighted by molar-refractivity contribution is 7.91. The Labute approximate surface area is 362 Å². The lowest BCUT2D eigenvalue weighted by Gasteiger charge is -2.33. The summed E-state index contributed by atoms with van der Waals surface area (Å²) in [5.41, 5.74) is 5.35. The average Bonchev–Trinajstić information content (AvgIpc) is 3.77. The van der Waals surface area contributed by atoms with Crippen molar-refractivity contribution in [1.29, 1.82) is 0 Å². The minimum absolute atomic E-state index is 0.00131. The van der Waals surface area contributed by atoms with Gasteiger partial charge in [0.2, 0.25) is 5.89 Å². The number of amides is 4. The Bertz CT molecular complexity index is 2730. The maximum atomic E-state index is 14.9. The standard InChI is InChI=1S/C21H18F4N4O4S.C20H21F2N3O4S/c22-15-3-1-2-4-17(15)29(21(30)28-7-9-34(31,32)10-8-28)12-14-6-5-13(11-16(14)23)19-26-27-20(33-19)18(24)25;21-16-3-1-2-4-18(16)25(20(27)24-7-9-30(28,29)10-8-24)13-15-6-5-14(11-17(15)22)19(26)12-23/h1-6,11,18H,7-10,12H2;1-6,11H,7-10,12-13,23H2. The van der Waals surface area contributed by atoms with Crippen LogP contribution in [0.2, 0.25) is 0 Å². The van der Waals surface area contributed by atoms with Crippen LogP contribution in [0.3, 0.4) is 0 Å². The first kappa shape index (κ1) is 47.2. The molecule has 2 fully saturated rings. The molecule has 0 unspecified atom stereocenters. The molecule has 0 atom stereocenters. The second-order valence-electron chi connectivity index (χ2n) is 14.4. The summed E-state index contributed by atoms with van der Waals surface area (Å²) in [7, 11) is -6.48. The van der Waals surface area contributed by atoms with E-state index in [4.69, 9.17) is 10.2 Å². The smallest absolute Gasteiger partial charge is 0.324 e. The molecule has 340 valence electrons. The van der Waals surface area contributed by atoms with Crippen LogP contribution in [0.5, 0.6) is 0 Å². The molecule has 7 rings (SSSR count). The van der Waals surface area contributed by atoms with Crippen LogP contribution in [-0.2, 0) is 32.8 Å². The third-order valence-corrected chi connectivity index (χ3v) is 13.3. The fraction of sp³-hybridized carbons (Fsp3) is 0.293. The lowest BCUT2D eigenvalue weighted by Crippen LogP contribution is -2.50. The largest absolute Gasteiger partial charge is 0.415 e. The molecule has 0 saturated carbocycles. The van der Waals surface area contributed by atoms with Gasteiger partial charge in [-0.05, 0) is 42.5 Å². The number of ketones is 1. The predicted molar refractivity (Wildman–Crippen MR) is 221 cm³/mol. The van der Waals surface area contributed by atoms with Gasteiger partial charge in [0.1, 0.15) is 23.3 Å². The fourth-order valence-corrected chi connectivity index (χ4v) is 8.96. The van der Waals surface area contributed by atoms with E-state index in [-0.39, 0.29) is 108 Å². The van der Waals surface area contributed by atoms with Crippen LogP contribution in [0.15, 0.2) is 89.3 Å². The second-order valence-corrected chi connectivity index (χ2v) is 19.0. The molecule has 2 N–H and O–H groups in total. The van der Waals surface area contributed by atoms with Crippen molar-refractivity contribution in [3.63, 3.8) is 0 Å². The Morgan fingerprint density at radius 2 is 1.09 bits per heavy atom. The number of rotatable bonds is 10. The number of carbonyl (C=O) groups excluding carboxylic acids is 3. The first-order valence-electron chi connectivity index (χ1n) is 19.3. The zero-order chi connectivity index (χ0) is 46.3. The van der Waals surface area contributed by atoms with Crippen LogP contribution < -0.4 is 15.5 Å². The molecule has 64 heavy (non-hydrogen) atoms. The SMILES string of the molecule is NCC(=O)c1ccc(CN(C(=O)N2CCS(=O)(=O)CC2)c2ccccc2F)c(F)c1.O=C(N1CCS(=O)(=O)CC1)N(Cc1ccc(-c2nnc(C(F)F)o2)cc1F)c1ccccc1F. The van der Waals surface area contributed by atoms with Crippen LogP contribution in [0.4, 0.5) is 47.3 Å². The van der Waals surface area contributed by atoms with E-state index < -0.39 is 73.1 Å². The fourth-order valence-electron chi connectivity index (χ4n) is 6.56. The molecule has 0 radical (unpaired) electrons. The Morgan fingerprint density at radius 1 is 0.641 bits per heavy atom. The number of urea groups is 2. The van der Waals surface area contributed by atoms with E-state index >= 15 is 0 Å². The first-order chi connectivity index (χ1) is 30.4. The Balaban J connectivity index is 0.000000214. The number of carbonyl (C=O) groups is 3. The number of aromatic nitrogens is 2. The molecule has 0 bridgehead atoms. The topological polar surface area (TPSA) is 197 Å². The van der Waals surface area contributed by atoms with Gasteiger partial charge in [-0.2, -0.15) is 8.78 Å². The lowest BCUT2D eigenvalue weighted by atomic mass is 10.1. The molecule has 0 spiro atoms. The minimum Gasteiger partial charge on any atom is -0.415 e. The third kappa shape index (κ3) is 11.4. The molecule has 4 aromatic carbocycles. The van der Waals surface area contributed by atoms with Crippen LogP contribution in [-0.4, -0.2) is 110 Å². The number of alkyl halides is 2. The molecular formula is C41H39F6N7O8S2. The highest BCUT2D eigenvalue weighted by Crippen LogP contribution is 2.29. The molecule has 1 aromatic heterocycles. The number of halogens is 6.